The Labute approximate surface area is 129 Å². The summed E-state index contributed by atoms with van der Waals surface area (Å²) >= 11 is 0. The van der Waals surface area contributed by atoms with Crippen molar-refractivity contribution >= 4 is 21.8 Å². The molecule has 0 saturated carbocycles. The van der Waals surface area contributed by atoms with Crippen LogP contribution in [0.4, 0.5) is 10.5 Å². The van der Waals surface area contributed by atoms with Crippen molar-refractivity contribution < 1.29 is 17.9 Å². The normalized spacial score (nSPS) is 11.0. The number of anilines is 1. The largest absolute Gasteiger partial charge is 0.444 e. The average Bonchev–Trinajstić information content (AvgIpc) is 2.45. The van der Waals surface area contributed by atoms with Crippen LogP contribution in [0.15, 0.2) is 54.6 Å². The summed E-state index contributed by atoms with van der Waals surface area (Å²) in [6, 6.07) is 15.7. The molecule has 22 heavy (non-hydrogen) atoms. The Morgan fingerprint density at radius 3 is 2.41 bits per heavy atom. The van der Waals surface area contributed by atoms with Crippen molar-refractivity contribution in [2.75, 3.05) is 5.32 Å². The van der Waals surface area contributed by atoms with Crippen molar-refractivity contribution in [1.82, 2.24) is 0 Å². The lowest BCUT2D eigenvalue weighted by molar-refractivity contribution is 0.155. The van der Waals surface area contributed by atoms with Crippen LogP contribution in [0.5, 0.6) is 0 Å². The van der Waals surface area contributed by atoms with Gasteiger partial charge in [-0.2, -0.15) is 0 Å². The van der Waals surface area contributed by atoms with Crippen molar-refractivity contribution in [3.05, 3.63) is 65.7 Å². The van der Waals surface area contributed by atoms with Gasteiger partial charge in [-0.1, -0.05) is 42.5 Å². The van der Waals surface area contributed by atoms with Crippen LogP contribution in [0, 0.1) is 0 Å². The van der Waals surface area contributed by atoms with E-state index in [0.29, 0.717) is 11.3 Å². The number of nitrogens with two attached hydrogens (primary N) is 1. The molecule has 2 aromatic rings. The molecule has 0 spiro atoms. The zero-order valence-electron chi connectivity index (χ0n) is 11.7. The highest BCUT2D eigenvalue weighted by Crippen LogP contribution is 2.13. The zero-order chi connectivity index (χ0) is 16.0. The van der Waals surface area contributed by atoms with Gasteiger partial charge in [-0.15, -0.1) is 0 Å². The first-order chi connectivity index (χ1) is 10.4. The number of carbonyl (C=O) groups excluding carboxylic acids is 1. The summed E-state index contributed by atoms with van der Waals surface area (Å²) in [6.45, 7) is 0.156. The Bertz CT molecular complexity index is 745. The van der Waals surface area contributed by atoms with Crippen molar-refractivity contribution in [1.29, 1.82) is 0 Å². The molecule has 0 bridgehead atoms. The SMILES string of the molecule is NS(=O)(=O)Cc1cccc(NC(=O)OCc2ccccc2)c1. The first kappa shape index (κ1) is 16.0. The average molecular weight is 320 g/mol. The van der Waals surface area contributed by atoms with Gasteiger partial charge in [0.25, 0.3) is 0 Å². The molecule has 1 amide bonds. The third-order valence-electron chi connectivity index (χ3n) is 2.75. The van der Waals surface area contributed by atoms with E-state index >= 15 is 0 Å². The van der Waals surface area contributed by atoms with Crippen LogP contribution in [0.3, 0.4) is 0 Å². The number of amides is 1. The second-order valence-corrected chi connectivity index (χ2v) is 6.31. The molecule has 0 aliphatic carbocycles. The molecule has 3 N–H and O–H groups in total. The summed E-state index contributed by atoms with van der Waals surface area (Å²) in [5.41, 5.74) is 1.81. The highest BCUT2D eigenvalue weighted by atomic mass is 32.2. The minimum absolute atomic E-state index is 0.156. The maximum absolute atomic E-state index is 11.7. The molecule has 0 heterocycles. The number of sulfonamides is 1. The summed E-state index contributed by atoms with van der Waals surface area (Å²) in [6.07, 6.45) is -0.614. The molecule has 0 fully saturated rings. The fourth-order valence-electron chi connectivity index (χ4n) is 1.85. The summed E-state index contributed by atoms with van der Waals surface area (Å²) in [7, 11) is -3.61. The van der Waals surface area contributed by atoms with E-state index in [4.69, 9.17) is 9.88 Å². The van der Waals surface area contributed by atoms with Crippen molar-refractivity contribution in [2.24, 2.45) is 5.14 Å². The van der Waals surface area contributed by atoms with Crippen LogP contribution in [0.25, 0.3) is 0 Å². The van der Waals surface area contributed by atoms with Gasteiger partial charge < -0.3 is 4.74 Å². The van der Waals surface area contributed by atoms with Crippen LogP contribution in [-0.4, -0.2) is 14.5 Å². The molecule has 6 nitrogen and oxygen atoms in total. The topological polar surface area (TPSA) is 98.5 Å². The molecule has 0 aliphatic rings. The number of ether oxygens (including phenoxy) is 1. The molecular formula is C15H16N2O4S. The molecule has 7 heteroatoms. The van der Waals surface area contributed by atoms with E-state index in [1.807, 2.05) is 30.3 Å². The number of nitrogens with one attached hydrogen (secondary N) is 1. The molecule has 2 aromatic carbocycles. The number of primary sulfonamides is 1. The molecule has 0 unspecified atom stereocenters. The molecule has 116 valence electrons. The first-order valence-corrected chi connectivity index (χ1v) is 8.21. The molecular weight excluding hydrogens is 304 g/mol. The number of carbonyl (C=O) groups is 1. The van der Waals surface area contributed by atoms with E-state index in [-0.39, 0.29) is 12.4 Å². The predicted molar refractivity (Wildman–Crippen MR) is 83.5 cm³/mol. The van der Waals surface area contributed by atoms with E-state index in [1.165, 1.54) is 6.07 Å². The lowest BCUT2D eigenvalue weighted by atomic mass is 10.2. The van der Waals surface area contributed by atoms with Crippen LogP contribution >= 0.6 is 0 Å². The monoisotopic (exact) mass is 320 g/mol. The van der Waals surface area contributed by atoms with Gasteiger partial charge in [-0.05, 0) is 23.3 Å². The molecule has 0 radical (unpaired) electrons. The molecule has 0 saturated heterocycles. The highest BCUT2D eigenvalue weighted by molar-refractivity contribution is 7.88. The fourth-order valence-corrected chi connectivity index (χ4v) is 2.49. The van der Waals surface area contributed by atoms with Crippen LogP contribution in [-0.2, 0) is 27.1 Å². The van der Waals surface area contributed by atoms with Crippen molar-refractivity contribution in [3.8, 4) is 0 Å². The Hall–Kier alpha value is -2.38. The lowest BCUT2D eigenvalue weighted by Crippen LogP contribution is -2.16. The summed E-state index contributed by atoms with van der Waals surface area (Å²) in [5, 5.41) is 7.53. The standard InChI is InChI=1S/C15H16N2O4S/c16-22(19,20)11-13-7-4-8-14(9-13)17-15(18)21-10-12-5-2-1-3-6-12/h1-9H,10-11H2,(H,17,18)(H2,16,19,20). The predicted octanol–water partition coefficient (Wildman–Crippen LogP) is 2.22. The van der Waals surface area contributed by atoms with Gasteiger partial charge in [0.15, 0.2) is 0 Å². The number of hydrogen-bond acceptors (Lipinski definition) is 4. The Morgan fingerprint density at radius 1 is 1.05 bits per heavy atom. The number of hydrogen-bond donors (Lipinski definition) is 2. The minimum Gasteiger partial charge on any atom is -0.444 e. The molecule has 0 atom stereocenters. The Kier molecular flexibility index (Phi) is 5.13. The van der Waals surface area contributed by atoms with Crippen molar-refractivity contribution in [3.63, 3.8) is 0 Å². The van der Waals surface area contributed by atoms with E-state index in [0.717, 1.165) is 5.56 Å². The second kappa shape index (κ2) is 7.06. The van der Waals surface area contributed by atoms with E-state index < -0.39 is 16.1 Å². The maximum Gasteiger partial charge on any atom is 0.411 e. The van der Waals surface area contributed by atoms with E-state index in [2.05, 4.69) is 5.32 Å². The van der Waals surface area contributed by atoms with Gasteiger partial charge in [0.2, 0.25) is 10.0 Å². The van der Waals surface area contributed by atoms with Gasteiger partial charge >= 0.3 is 6.09 Å². The van der Waals surface area contributed by atoms with E-state index in [9.17, 15) is 13.2 Å². The van der Waals surface area contributed by atoms with Gasteiger partial charge in [0.05, 0.1) is 5.75 Å². The Morgan fingerprint density at radius 2 is 1.73 bits per heavy atom. The van der Waals surface area contributed by atoms with Gasteiger partial charge in [0, 0.05) is 5.69 Å². The third kappa shape index (κ3) is 5.55. The molecule has 0 aliphatic heterocycles. The smallest absolute Gasteiger partial charge is 0.411 e. The minimum atomic E-state index is -3.61. The Balaban J connectivity index is 1.93. The zero-order valence-corrected chi connectivity index (χ0v) is 12.5. The van der Waals surface area contributed by atoms with Crippen LogP contribution in [0.1, 0.15) is 11.1 Å². The summed E-state index contributed by atoms with van der Waals surface area (Å²) < 4.78 is 27.2. The van der Waals surface area contributed by atoms with Gasteiger partial charge in [-0.3, -0.25) is 5.32 Å². The van der Waals surface area contributed by atoms with Crippen LogP contribution in [0.2, 0.25) is 0 Å². The summed E-state index contributed by atoms with van der Waals surface area (Å²) in [5.74, 6) is -0.290. The lowest BCUT2D eigenvalue weighted by Gasteiger charge is -2.08. The first-order valence-electron chi connectivity index (χ1n) is 6.49. The van der Waals surface area contributed by atoms with Crippen LogP contribution < -0.4 is 10.5 Å². The highest BCUT2D eigenvalue weighted by Gasteiger charge is 2.08. The maximum atomic E-state index is 11.7. The second-order valence-electron chi connectivity index (χ2n) is 4.69. The quantitative estimate of drug-likeness (QED) is 0.882. The summed E-state index contributed by atoms with van der Waals surface area (Å²) in [4.78, 5) is 11.7. The number of benzene rings is 2. The van der Waals surface area contributed by atoms with Crippen molar-refractivity contribution in [2.45, 2.75) is 12.4 Å². The molecule has 2 rings (SSSR count). The van der Waals surface area contributed by atoms with E-state index in [1.54, 1.807) is 18.2 Å². The fraction of sp³-hybridized carbons (Fsp3) is 0.133. The number of rotatable bonds is 5. The third-order valence-corrected chi connectivity index (χ3v) is 3.49. The molecule has 0 aromatic heterocycles. The van der Waals surface area contributed by atoms with Gasteiger partial charge in [-0.25, -0.2) is 18.4 Å². The van der Waals surface area contributed by atoms with Gasteiger partial charge in [0.1, 0.15) is 6.61 Å².